The van der Waals surface area contributed by atoms with E-state index in [0.717, 1.165) is 96.9 Å². The molecule has 2 aromatic carbocycles. The lowest BCUT2D eigenvalue weighted by molar-refractivity contribution is 0.0978. The van der Waals surface area contributed by atoms with Gasteiger partial charge in [-0.25, -0.2) is 9.97 Å². The van der Waals surface area contributed by atoms with Gasteiger partial charge in [-0.05, 0) is 49.6 Å². The van der Waals surface area contributed by atoms with Crippen LogP contribution in [0.5, 0.6) is 0 Å². The van der Waals surface area contributed by atoms with E-state index in [1.165, 1.54) is 0 Å². The van der Waals surface area contributed by atoms with Crippen LogP contribution in [0.4, 0.5) is 5.69 Å². The number of anilines is 1. The fourth-order valence-corrected chi connectivity index (χ4v) is 7.56. The molecule has 2 N–H and O–H groups in total. The number of aliphatic hydroxyl groups is 1. The molecule has 0 bridgehead atoms. The van der Waals surface area contributed by atoms with Gasteiger partial charge < -0.3 is 24.5 Å². The van der Waals surface area contributed by atoms with Crippen LogP contribution < -0.4 is 5.32 Å². The number of fused-ring (bicyclic) bond motifs is 2. The summed E-state index contributed by atoms with van der Waals surface area (Å²) in [5.41, 5.74) is 8.12. The zero-order valence-corrected chi connectivity index (χ0v) is 28.3. The fourth-order valence-electron chi connectivity index (χ4n) is 7.26. The highest BCUT2D eigenvalue weighted by Gasteiger charge is 2.44. The van der Waals surface area contributed by atoms with Crippen molar-refractivity contribution in [2.45, 2.75) is 52.1 Å². The van der Waals surface area contributed by atoms with Crippen molar-refractivity contribution < 1.29 is 14.7 Å². The molecular formula is C36H42ClN7O3. The first-order valence-electron chi connectivity index (χ1n) is 16.4. The third-order valence-corrected chi connectivity index (χ3v) is 10.8. The monoisotopic (exact) mass is 655 g/mol. The van der Waals surface area contributed by atoms with E-state index in [0.29, 0.717) is 28.9 Å². The Bertz CT molecular complexity index is 1890. The number of carbonyl (C=O) groups excluding carboxylic acids is 2. The van der Waals surface area contributed by atoms with Crippen LogP contribution in [-0.2, 0) is 46.4 Å². The number of imidazole rings is 2. The van der Waals surface area contributed by atoms with Crippen LogP contribution in [0.3, 0.4) is 0 Å². The van der Waals surface area contributed by atoms with Gasteiger partial charge in [-0.1, -0.05) is 41.9 Å². The molecular weight excluding hydrogens is 614 g/mol. The number of amides is 1. The average Bonchev–Trinajstić information content (AvgIpc) is 3.64. The molecule has 3 aliphatic rings. The molecule has 1 aliphatic carbocycles. The van der Waals surface area contributed by atoms with Crippen molar-refractivity contribution in [3.63, 3.8) is 0 Å². The molecule has 1 saturated carbocycles. The number of aliphatic hydroxyl groups excluding tert-OH is 1. The fraction of sp³-hybridized carbons (Fsp3) is 0.444. The Kier molecular flexibility index (Phi) is 8.32. The molecule has 0 saturated heterocycles. The van der Waals surface area contributed by atoms with Crippen molar-refractivity contribution in [1.29, 1.82) is 0 Å². The Morgan fingerprint density at radius 3 is 2.32 bits per heavy atom. The maximum atomic E-state index is 13.6. The minimum Gasteiger partial charge on any atom is -0.396 e. The maximum absolute atomic E-state index is 13.6. The van der Waals surface area contributed by atoms with Gasteiger partial charge in [0, 0.05) is 101 Å². The predicted octanol–water partition coefficient (Wildman–Crippen LogP) is 4.58. The summed E-state index contributed by atoms with van der Waals surface area (Å²) in [6.45, 7) is 6.32. The second-order valence-corrected chi connectivity index (χ2v) is 14.1. The van der Waals surface area contributed by atoms with Gasteiger partial charge in [0.05, 0.1) is 16.4 Å². The van der Waals surface area contributed by atoms with Crippen molar-refractivity contribution in [1.82, 2.24) is 28.9 Å². The minimum absolute atomic E-state index is 0.0446. The Morgan fingerprint density at radius 2 is 1.57 bits per heavy atom. The quantitative estimate of drug-likeness (QED) is 0.254. The van der Waals surface area contributed by atoms with Crippen molar-refractivity contribution in [3.8, 4) is 11.1 Å². The number of rotatable bonds is 9. The Hall–Kier alpha value is -3.83. The number of halogens is 1. The molecule has 11 heteroatoms. The van der Waals surface area contributed by atoms with Crippen LogP contribution in [0.2, 0.25) is 5.02 Å². The van der Waals surface area contributed by atoms with Crippen molar-refractivity contribution in [2.24, 2.45) is 19.5 Å². The first-order valence-corrected chi connectivity index (χ1v) is 16.8. The largest absolute Gasteiger partial charge is 0.396 e. The van der Waals surface area contributed by atoms with E-state index in [1.807, 2.05) is 66.6 Å². The Balaban J connectivity index is 1.09. The number of carbonyl (C=O) groups is 2. The summed E-state index contributed by atoms with van der Waals surface area (Å²) in [5.74, 6) is 0.513. The van der Waals surface area contributed by atoms with Gasteiger partial charge in [0.1, 0.15) is 0 Å². The zero-order valence-electron chi connectivity index (χ0n) is 27.6. The molecule has 246 valence electrons. The van der Waals surface area contributed by atoms with E-state index in [-0.39, 0.29) is 30.1 Å². The number of hydrogen-bond donors (Lipinski definition) is 2. The van der Waals surface area contributed by atoms with Gasteiger partial charge in [-0.3, -0.25) is 14.5 Å². The van der Waals surface area contributed by atoms with Crippen molar-refractivity contribution >= 4 is 29.0 Å². The van der Waals surface area contributed by atoms with E-state index < -0.39 is 0 Å². The number of benzene rings is 2. The van der Waals surface area contributed by atoms with E-state index in [9.17, 15) is 14.7 Å². The maximum Gasteiger partial charge on any atom is 0.291 e. The van der Waals surface area contributed by atoms with Gasteiger partial charge >= 0.3 is 0 Å². The first-order chi connectivity index (χ1) is 22.6. The van der Waals surface area contributed by atoms with E-state index in [4.69, 9.17) is 21.6 Å². The van der Waals surface area contributed by atoms with Crippen molar-refractivity contribution in [2.75, 3.05) is 38.6 Å². The topological polar surface area (TPSA) is 109 Å². The summed E-state index contributed by atoms with van der Waals surface area (Å²) in [7, 11) is 5.89. The number of hydrogen-bond acceptors (Lipinski definition) is 7. The lowest BCUT2D eigenvalue weighted by Crippen LogP contribution is -2.36. The number of aromatic nitrogens is 4. The molecule has 0 atom stereocenters. The van der Waals surface area contributed by atoms with Crippen LogP contribution in [-0.4, -0.2) is 79.0 Å². The van der Waals surface area contributed by atoms with E-state index >= 15 is 0 Å². The van der Waals surface area contributed by atoms with Crippen molar-refractivity contribution in [3.05, 3.63) is 87.0 Å². The minimum atomic E-state index is -0.267. The van der Waals surface area contributed by atoms with Crippen LogP contribution in [0, 0.1) is 12.3 Å². The van der Waals surface area contributed by atoms with Gasteiger partial charge in [-0.15, -0.1) is 0 Å². The van der Waals surface area contributed by atoms with Gasteiger partial charge in [-0.2, -0.15) is 0 Å². The van der Waals surface area contributed by atoms with E-state index in [2.05, 4.69) is 22.2 Å². The van der Waals surface area contributed by atoms with Gasteiger partial charge in [0.25, 0.3) is 5.91 Å². The highest BCUT2D eigenvalue weighted by molar-refractivity contribution is 6.34. The highest BCUT2D eigenvalue weighted by atomic mass is 35.5. The second-order valence-electron chi connectivity index (χ2n) is 13.7. The SMILES string of the molecule is Cc1c(NC(=O)c2nc3c(n2C)CCN(CC2(CO)CC2)C3)cccc1-c1cccc(CC(=O)c2nc3c(n2C)CCN(C)C3)c1Cl. The molecule has 2 aliphatic heterocycles. The molecule has 0 spiro atoms. The summed E-state index contributed by atoms with van der Waals surface area (Å²) in [6, 6.07) is 11.5. The second kappa shape index (κ2) is 12.3. The summed E-state index contributed by atoms with van der Waals surface area (Å²) in [5, 5.41) is 13.4. The third kappa shape index (κ3) is 5.92. The molecule has 4 heterocycles. The molecule has 1 amide bonds. The van der Waals surface area contributed by atoms with Gasteiger partial charge in [0.2, 0.25) is 5.78 Å². The van der Waals surface area contributed by atoms with Crippen LogP contribution in [0.25, 0.3) is 11.1 Å². The first kappa shape index (κ1) is 31.8. The Labute approximate surface area is 280 Å². The summed E-state index contributed by atoms with van der Waals surface area (Å²) >= 11 is 7.00. The molecule has 10 nitrogen and oxygen atoms in total. The standard InChI is InChI=1S/C36H42ClN7O3/c1-22-24(25-9-5-7-23(32(25)37)17-31(46)33-38-27-18-41(2)15-11-29(27)42(33)3)8-6-10-26(22)40-35(47)34-39-28-19-44(16-12-30(28)43(34)4)20-36(21-45)13-14-36/h5-10,45H,11-21H2,1-4H3,(H,40,47). The van der Waals surface area contributed by atoms with E-state index in [1.54, 1.807) is 0 Å². The summed E-state index contributed by atoms with van der Waals surface area (Å²) < 4.78 is 3.85. The molecule has 0 radical (unpaired) electrons. The molecule has 0 unspecified atom stereocenters. The Morgan fingerprint density at radius 1 is 0.915 bits per heavy atom. The molecule has 47 heavy (non-hydrogen) atoms. The van der Waals surface area contributed by atoms with Crippen LogP contribution in [0.15, 0.2) is 36.4 Å². The third-order valence-electron chi connectivity index (χ3n) is 10.4. The van der Waals surface area contributed by atoms with Crippen LogP contribution in [0.1, 0.15) is 68.0 Å². The number of ketones is 1. The number of nitrogens with one attached hydrogen (secondary N) is 1. The summed E-state index contributed by atoms with van der Waals surface area (Å²) in [6.07, 6.45) is 3.97. The zero-order chi connectivity index (χ0) is 33.0. The van der Waals surface area contributed by atoms with Crippen LogP contribution >= 0.6 is 11.6 Å². The lowest BCUT2D eigenvalue weighted by Gasteiger charge is -2.29. The number of likely N-dealkylation sites (N-methyl/N-ethyl adjacent to an activating group) is 1. The molecule has 2 aromatic heterocycles. The summed E-state index contributed by atoms with van der Waals surface area (Å²) in [4.78, 5) is 41.1. The molecule has 1 fully saturated rings. The average molecular weight is 656 g/mol. The van der Waals surface area contributed by atoms with Gasteiger partial charge in [0.15, 0.2) is 11.6 Å². The predicted molar refractivity (Wildman–Crippen MR) is 182 cm³/mol. The molecule has 7 rings (SSSR count). The molecule has 4 aromatic rings. The normalized spacial score (nSPS) is 17.3. The number of Topliss-reactive ketones (excluding diaryl/α,β-unsaturated/α-hetero) is 1. The lowest BCUT2D eigenvalue weighted by atomic mass is 9.96. The highest BCUT2D eigenvalue weighted by Crippen LogP contribution is 2.46. The number of nitrogens with zero attached hydrogens (tertiary/aromatic N) is 6. The smallest absolute Gasteiger partial charge is 0.291 e.